The normalized spacial score (nSPS) is 12.1. The maximum Gasteiger partial charge on any atom is 0.233 e. The van der Waals surface area contributed by atoms with Gasteiger partial charge < -0.3 is 38.9 Å². The third kappa shape index (κ3) is 31.4. The molecule has 0 aromatic rings. The monoisotopic (exact) mass is 780 g/mol. The van der Waals surface area contributed by atoms with Gasteiger partial charge in [-0.2, -0.15) is 0 Å². The summed E-state index contributed by atoms with van der Waals surface area (Å²) in [7, 11) is 0. The lowest BCUT2D eigenvalue weighted by molar-refractivity contribution is -0.129. The number of unbranched alkanes of at least 4 members (excludes halogenated alkanes) is 10. The Morgan fingerprint density at radius 3 is 1.24 bits per heavy atom. The number of ketones is 4. The van der Waals surface area contributed by atoms with Gasteiger partial charge in [-0.05, 0) is 64.2 Å². The summed E-state index contributed by atoms with van der Waals surface area (Å²) in [6.45, 7) is 1.44. The molecule has 15 heteroatoms. The summed E-state index contributed by atoms with van der Waals surface area (Å²) in [5.41, 5.74) is 21.5. The fraction of sp³-hybridized carbons (Fsp3) is 0.800. The number of nitrogens with two attached hydrogens (primary N) is 4. The van der Waals surface area contributed by atoms with Gasteiger partial charge in [-0.15, -0.1) is 0 Å². The van der Waals surface area contributed by atoms with E-state index in [1.165, 1.54) is 0 Å². The van der Waals surface area contributed by atoms with Crippen molar-refractivity contribution in [2.75, 3.05) is 39.3 Å². The molecule has 0 heterocycles. The topological polar surface area (TPSA) is 277 Å². The first-order chi connectivity index (χ1) is 26.4. The first-order valence-corrected chi connectivity index (χ1v) is 20.7. The molecule has 0 aliphatic heterocycles. The van der Waals surface area contributed by atoms with Gasteiger partial charge in [0.05, 0.1) is 19.6 Å². The summed E-state index contributed by atoms with van der Waals surface area (Å²) in [4.78, 5) is 96.7. The maximum atomic E-state index is 13.2. The Balaban J connectivity index is 4.69. The fourth-order valence-corrected chi connectivity index (χ4v) is 6.22. The van der Waals surface area contributed by atoms with E-state index in [-0.39, 0.29) is 73.3 Å². The third-order valence-corrected chi connectivity index (χ3v) is 9.67. The molecule has 0 saturated carbocycles. The van der Waals surface area contributed by atoms with Crippen molar-refractivity contribution in [1.29, 1.82) is 0 Å². The molecule has 316 valence electrons. The average Bonchev–Trinajstić information content (AvgIpc) is 3.16. The van der Waals surface area contributed by atoms with E-state index < -0.39 is 17.7 Å². The molecule has 0 radical (unpaired) electrons. The van der Waals surface area contributed by atoms with Crippen molar-refractivity contribution in [3.63, 3.8) is 0 Å². The molecule has 0 rings (SSSR count). The van der Waals surface area contributed by atoms with Crippen LogP contribution in [0.4, 0.5) is 0 Å². The van der Waals surface area contributed by atoms with Crippen LogP contribution in [0, 0.1) is 11.8 Å². The number of nitrogens with one attached hydrogen (secondary N) is 3. The van der Waals surface area contributed by atoms with Crippen LogP contribution in [0.15, 0.2) is 0 Å². The van der Waals surface area contributed by atoms with Gasteiger partial charge in [0.1, 0.15) is 23.1 Å². The first kappa shape index (κ1) is 51.4. The quantitative estimate of drug-likeness (QED) is 0.0445. The van der Waals surface area contributed by atoms with E-state index in [0.29, 0.717) is 110 Å². The van der Waals surface area contributed by atoms with Gasteiger partial charge in [0.2, 0.25) is 23.6 Å². The molecule has 15 nitrogen and oxygen atoms in total. The molecule has 0 aliphatic carbocycles. The number of Topliss-reactive ketones (excluding diaryl/α,β-unsaturated/α-hetero) is 4. The molecule has 0 spiro atoms. The highest BCUT2D eigenvalue weighted by molar-refractivity contribution is 5.87. The summed E-state index contributed by atoms with van der Waals surface area (Å²) < 4.78 is 0. The lowest BCUT2D eigenvalue weighted by Crippen LogP contribution is -2.33. The van der Waals surface area contributed by atoms with Crippen molar-refractivity contribution in [1.82, 2.24) is 16.0 Å². The van der Waals surface area contributed by atoms with Crippen molar-refractivity contribution in [3.05, 3.63) is 0 Å². The molecule has 11 N–H and O–H groups in total. The van der Waals surface area contributed by atoms with Crippen LogP contribution in [0.2, 0.25) is 0 Å². The van der Waals surface area contributed by atoms with Crippen molar-refractivity contribution in [2.45, 2.75) is 154 Å². The minimum absolute atomic E-state index is 0.00829. The Bertz CT molecular complexity index is 1150. The number of hydrogen-bond donors (Lipinski definition) is 7. The van der Waals surface area contributed by atoms with Gasteiger partial charge in [-0.25, -0.2) is 0 Å². The van der Waals surface area contributed by atoms with E-state index in [4.69, 9.17) is 22.9 Å². The molecular formula is C40H73N7O8. The lowest BCUT2D eigenvalue weighted by atomic mass is 9.92. The third-order valence-electron chi connectivity index (χ3n) is 9.67. The molecule has 0 bridgehead atoms. The van der Waals surface area contributed by atoms with Crippen molar-refractivity contribution in [2.24, 2.45) is 34.8 Å². The van der Waals surface area contributed by atoms with Crippen LogP contribution in [-0.4, -0.2) is 86.0 Å². The summed E-state index contributed by atoms with van der Waals surface area (Å²) in [5.74, 6) is -1.94. The van der Waals surface area contributed by atoms with Gasteiger partial charge in [0.25, 0.3) is 0 Å². The van der Waals surface area contributed by atoms with Crippen LogP contribution in [0.25, 0.3) is 0 Å². The highest BCUT2D eigenvalue weighted by atomic mass is 16.2. The highest BCUT2D eigenvalue weighted by Crippen LogP contribution is 2.18. The maximum absolute atomic E-state index is 13.2. The Kier molecular flexibility index (Phi) is 32.6. The molecule has 0 aromatic heterocycles. The second-order valence-electron chi connectivity index (χ2n) is 14.6. The summed E-state index contributed by atoms with van der Waals surface area (Å²) in [5, 5.41) is 8.56. The Morgan fingerprint density at radius 2 is 0.764 bits per heavy atom. The molecule has 0 aliphatic rings. The van der Waals surface area contributed by atoms with Gasteiger partial charge in [0, 0.05) is 76.4 Å². The molecule has 2 unspecified atom stereocenters. The molecule has 55 heavy (non-hydrogen) atoms. The second kappa shape index (κ2) is 34.9. The van der Waals surface area contributed by atoms with Gasteiger partial charge in [0.15, 0.2) is 0 Å². The number of hydrogen-bond acceptors (Lipinski definition) is 11. The average molecular weight is 780 g/mol. The minimum atomic E-state index is -0.562. The van der Waals surface area contributed by atoms with Gasteiger partial charge in [-0.1, -0.05) is 44.9 Å². The molecular weight excluding hydrogens is 706 g/mol. The largest absolute Gasteiger partial charge is 0.369 e. The Morgan fingerprint density at radius 1 is 0.382 bits per heavy atom. The lowest BCUT2D eigenvalue weighted by Gasteiger charge is -2.17. The van der Waals surface area contributed by atoms with E-state index in [9.17, 15) is 38.4 Å². The van der Waals surface area contributed by atoms with Gasteiger partial charge in [-0.3, -0.25) is 38.4 Å². The number of carbonyl (C=O) groups is 8. The van der Waals surface area contributed by atoms with Crippen molar-refractivity contribution < 1.29 is 38.4 Å². The van der Waals surface area contributed by atoms with E-state index in [0.717, 1.165) is 51.4 Å². The van der Waals surface area contributed by atoms with Crippen LogP contribution in [0.3, 0.4) is 0 Å². The zero-order valence-corrected chi connectivity index (χ0v) is 33.4. The van der Waals surface area contributed by atoms with E-state index in [2.05, 4.69) is 16.0 Å². The van der Waals surface area contributed by atoms with Crippen LogP contribution in [0.1, 0.15) is 154 Å². The summed E-state index contributed by atoms with van der Waals surface area (Å²) in [6.07, 6.45) is 14.3. The first-order valence-electron chi connectivity index (χ1n) is 20.7. The second-order valence-corrected chi connectivity index (χ2v) is 14.6. The standard InChI is InChI=1S/C40H73N7O8/c41-28-35(50)20-8-3-1-6-18-33(48)26-31(39(44)54)16-11-15-25-47-40(55)32(27-34(49)19-7-2-4-9-21-36(51)29-42)17-12-14-24-45-37(52)22-10-5-13-23-46-38(53)30-43/h31-32H,1-30,41-43H2,(H2,44,54)(H,45,52)(H,46,53)(H,47,55). The van der Waals surface area contributed by atoms with E-state index in [1.807, 2.05) is 0 Å². The number of rotatable bonds is 39. The molecule has 4 amide bonds. The van der Waals surface area contributed by atoms with Crippen LogP contribution in [-0.2, 0) is 38.4 Å². The number of amides is 4. The van der Waals surface area contributed by atoms with Crippen LogP contribution in [0.5, 0.6) is 0 Å². The van der Waals surface area contributed by atoms with Crippen LogP contribution < -0.4 is 38.9 Å². The zero-order chi connectivity index (χ0) is 41.1. The Hall–Kier alpha value is -3.56. The van der Waals surface area contributed by atoms with Crippen LogP contribution >= 0.6 is 0 Å². The number of primary amides is 1. The summed E-state index contributed by atoms with van der Waals surface area (Å²) in [6, 6.07) is 0. The van der Waals surface area contributed by atoms with E-state index >= 15 is 0 Å². The van der Waals surface area contributed by atoms with Crippen molar-refractivity contribution in [3.8, 4) is 0 Å². The van der Waals surface area contributed by atoms with Crippen molar-refractivity contribution >= 4 is 46.8 Å². The highest BCUT2D eigenvalue weighted by Gasteiger charge is 2.22. The van der Waals surface area contributed by atoms with E-state index in [1.54, 1.807) is 0 Å². The Labute approximate surface area is 328 Å². The van der Waals surface area contributed by atoms with Gasteiger partial charge >= 0.3 is 0 Å². The molecule has 2 atom stereocenters. The predicted octanol–water partition coefficient (Wildman–Crippen LogP) is 2.57. The SMILES string of the molecule is NCC(=O)CCCCCCC(=O)CC(CCCCNC(=O)C(CCCCNC(=O)CCCCCNC(=O)CN)CC(=O)CCCCCCC(=O)CN)C(N)=O. The molecule has 0 fully saturated rings. The molecule has 0 aromatic carbocycles. The summed E-state index contributed by atoms with van der Waals surface area (Å²) >= 11 is 0. The zero-order valence-electron chi connectivity index (χ0n) is 33.4. The smallest absolute Gasteiger partial charge is 0.233 e. The minimum Gasteiger partial charge on any atom is -0.369 e. The predicted molar refractivity (Wildman–Crippen MR) is 213 cm³/mol. The fourth-order valence-electron chi connectivity index (χ4n) is 6.22. The number of carbonyl (C=O) groups excluding carboxylic acids is 8. The molecule has 0 saturated heterocycles.